The fourth-order valence-electron chi connectivity index (χ4n) is 3.60. The van der Waals surface area contributed by atoms with Gasteiger partial charge in [0.1, 0.15) is 0 Å². The van der Waals surface area contributed by atoms with Crippen molar-refractivity contribution < 1.29 is 4.79 Å². The van der Waals surface area contributed by atoms with Crippen LogP contribution in [0.3, 0.4) is 0 Å². The van der Waals surface area contributed by atoms with E-state index in [4.69, 9.17) is 0 Å². The molecule has 0 fully saturated rings. The summed E-state index contributed by atoms with van der Waals surface area (Å²) in [4.78, 5) is 20.1. The summed E-state index contributed by atoms with van der Waals surface area (Å²) in [6, 6.07) is 8.23. The molecular weight excluding hydrogens is 322 g/mol. The molecular formula is C22H27N3O. The second kappa shape index (κ2) is 8.19. The zero-order valence-corrected chi connectivity index (χ0v) is 15.4. The van der Waals surface area contributed by atoms with E-state index < -0.39 is 0 Å². The van der Waals surface area contributed by atoms with Gasteiger partial charge in [-0.3, -0.25) is 9.69 Å². The molecule has 3 rings (SSSR count). The minimum Gasteiger partial charge on any atom is -0.361 e. The zero-order chi connectivity index (χ0) is 18.5. The Labute approximate surface area is 155 Å². The van der Waals surface area contributed by atoms with Crippen LogP contribution < -0.4 is 0 Å². The summed E-state index contributed by atoms with van der Waals surface area (Å²) >= 11 is 0. The summed E-state index contributed by atoms with van der Waals surface area (Å²) < 4.78 is 0. The predicted molar refractivity (Wildman–Crippen MR) is 109 cm³/mol. The quantitative estimate of drug-likeness (QED) is 0.771. The molecule has 1 N–H and O–H groups in total. The number of hydrogen-bond acceptors (Lipinski definition) is 2. The van der Waals surface area contributed by atoms with Crippen LogP contribution in [0.4, 0.5) is 0 Å². The molecule has 1 aliphatic heterocycles. The molecule has 136 valence electrons. The summed E-state index contributed by atoms with van der Waals surface area (Å²) in [5.74, 6) is 0.133. The molecule has 0 radical (unpaired) electrons. The van der Waals surface area contributed by atoms with Crippen LogP contribution in [-0.2, 0) is 4.79 Å². The maximum Gasteiger partial charge on any atom is 0.240 e. The van der Waals surface area contributed by atoms with Crippen molar-refractivity contribution in [2.24, 2.45) is 0 Å². The van der Waals surface area contributed by atoms with Gasteiger partial charge < -0.3 is 9.88 Å². The average Bonchev–Trinajstić information content (AvgIpc) is 3.11. The van der Waals surface area contributed by atoms with Gasteiger partial charge in [-0.25, -0.2) is 0 Å². The van der Waals surface area contributed by atoms with Crippen molar-refractivity contribution in [1.82, 2.24) is 14.8 Å². The molecule has 2 aromatic rings. The highest BCUT2D eigenvalue weighted by molar-refractivity contribution is 5.92. The summed E-state index contributed by atoms with van der Waals surface area (Å²) in [7, 11) is 0. The minimum atomic E-state index is -0.143. The van der Waals surface area contributed by atoms with Gasteiger partial charge in [-0.1, -0.05) is 36.4 Å². The lowest BCUT2D eigenvalue weighted by Gasteiger charge is -2.34. The van der Waals surface area contributed by atoms with E-state index in [1.165, 1.54) is 22.0 Å². The predicted octanol–water partition coefficient (Wildman–Crippen LogP) is 3.85. The van der Waals surface area contributed by atoms with Crippen molar-refractivity contribution in [2.45, 2.75) is 19.4 Å². The molecule has 26 heavy (non-hydrogen) atoms. The third kappa shape index (κ3) is 3.65. The van der Waals surface area contributed by atoms with Crippen LogP contribution in [0.1, 0.15) is 18.9 Å². The minimum absolute atomic E-state index is 0.133. The second-order valence-electron chi connectivity index (χ2n) is 6.72. The van der Waals surface area contributed by atoms with Gasteiger partial charge in [0.05, 0.1) is 6.04 Å². The Balaban J connectivity index is 1.71. The van der Waals surface area contributed by atoms with E-state index in [2.05, 4.69) is 53.5 Å². The first-order valence-electron chi connectivity index (χ1n) is 9.16. The number of amides is 1. The Hall–Kier alpha value is -2.59. The molecule has 2 heterocycles. The molecule has 1 amide bonds. The average molecular weight is 349 g/mol. The van der Waals surface area contributed by atoms with Crippen LogP contribution in [0.25, 0.3) is 16.5 Å². The number of nitrogens with one attached hydrogen (secondary N) is 1. The molecule has 4 nitrogen and oxygen atoms in total. The zero-order valence-electron chi connectivity index (χ0n) is 15.4. The van der Waals surface area contributed by atoms with Gasteiger partial charge >= 0.3 is 0 Å². The number of carbonyl (C=O) groups excluding carboxylic acids is 1. The smallest absolute Gasteiger partial charge is 0.240 e. The van der Waals surface area contributed by atoms with E-state index in [9.17, 15) is 4.79 Å². The number of hydrogen-bond donors (Lipinski definition) is 1. The highest BCUT2D eigenvalue weighted by Gasteiger charge is 2.26. The molecule has 0 aliphatic carbocycles. The molecule has 1 atom stereocenters. The summed E-state index contributed by atoms with van der Waals surface area (Å²) in [5.41, 5.74) is 3.80. The normalized spacial score (nSPS) is 16.1. The van der Waals surface area contributed by atoms with Crippen molar-refractivity contribution in [2.75, 3.05) is 26.2 Å². The molecule has 0 saturated heterocycles. The number of rotatable bonds is 7. The Morgan fingerprint density at radius 1 is 1.31 bits per heavy atom. The number of aromatic nitrogens is 1. The lowest BCUT2D eigenvalue weighted by molar-refractivity contribution is -0.135. The molecule has 0 spiro atoms. The lowest BCUT2D eigenvalue weighted by Crippen LogP contribution is -2.48. The second-order valence-corrected chi connectivity index (χ2v) is 6.72. The largest absolute Gasteiger partial charge is 0.361 e. The summed E-state index contributed by atoms with van der Waals surface area (Å²) in [5, 5.41) is 1.26. The van der Waals surface area contributed by atoms with Gasteiger partial charge in [-0.15, -0.1) is 13.2 Å². The standard InChI is InChI=1S/C22H27N3O/c1-4-12-25(13-5-2)22(26)17(3)24-14-10-18(11-15-24)20-16-23-21-9-7-6-8-19(20)21/h4-10,16-17,23H,1-2,11-15H2,3H3. The molecule has 0 bridgehead atoms. The van der Waals surface area contributed by atoms with Gasteiger partial charge in [-0.05, 0) is 25.0 Å². The maximum atomic E-state index is 12.8. The van der Waals surface area contributed by atoms with Gasteiger partial charge in [0.2, 0.25) is 5.91 Å². The molecule has 1 aliphatic rings. The number of H-pyrrole nitrogens is 1. The van der Waals surface area contributed by atoms with Crippen molar-refractivity contribution in [3.8, 4) is 0 Å². The van der Waals surface area contributed by atoms with Crippen molar-refractivity contribution >= 4 is 22.4 Å². The number of aromatic amines is 1. The first kappa shape index (κ1) is 18.2. The number of fused-ring (bicyclic) bond motifs is 1. The van der Waals surface area contributed by atoms with Crippen LogP contribution in [0.5, 0.6) is 0 Å². The Bertz CT molecular complexity index is 823. The van der Waals surface area contributed by atoms with Crippen molar-refractivity contribution in [1.29, 1.82) is 0 Å². The van der Waals surface area contributed by atoms with Gasteiger partial charge in [-0.2, -0.15) is 0 Å². The Morgan fingerprint density at radius 2 is 2.04 bits per heavy atom. The fourth-order valence-corrected chi connectivity index (χ4v) is 3.60. The number of carbonyl (C=O) groups is 1. The van der Waals surface area contributed by atoms with E-state index in [0.717, 1.165) is 19.5 Å². The summed E-state index contributed by atoms with van der Waals surface area (Å²) in [6.07, 6.45) is 8.83. The van der Waals surface area contributed by atoms with Gasteiger partial charge in [0, 0.05) is 48.8 Å². The van der Waals surface area contributed by atoms with Crippen LogP contribution >= 0.6 is 0 Å². The van der Waals surface area contributed by atoms with E-state index in [-0.39, 0.29) is 11.9 Å². The monoisotopic (exact) mass is 349 g/mol. The molecule has 1 aromatic carbocycles. The van der Waals surface area contributed by atoms with Gasteiger partial charge in [0.25, 0.3) is 0 Å². The van der Waals surface area contributed by atoms with Crippen molar-refractivity contribution in [3.63, 3.8) is 0 Å². The number of nitrogens with zero attached hydrogens (tertiary/aromatic N) is 2. The topological polar surface area (TPSA) is 39.3 Å². The third-order valence-corrected chi connectivity index (χ3v) is 5.09. The number of benzene rings is 1. The van der Waals surface area contributed by atoms with E-state index in [1.807, 2.05) is 13.0 Å². The van der Waals surface area contributed by atoms with Crippen LogP contribution in [0.15, 0.2) is 61.8 Å². The highest BCUT2D eigenvalue weighted by Crippen LogP contribution is 2.29. The van der Waals surface area contributed by atoms with E-state index >= 15 is 0 Å². The number of para-hydroxylation sites is 1. The van der Waals surface area contributed by atoms with Crippen molar-refractivity contribution in [3.05, 3.63) is 67.4 Å². The summed E-state index contributed by atoms with van der Waals surface area (Å²) in [6.45, 7) is 12.3. The van der Waals surface area contributed by atoms with E-state index in [1.54, 1.807) is 17.1 Å². The fraction of sp³-hybridized carbons (Fsp3) is 0.318. The lowest BCUT2D eigenvalue weighted by atomic mass is 9.98. The third-order valence-electron chi connectivity index (χ3n) is 5.09. The van der Waals surface area contributed by atoms with E-state index in [0.29, 0.717) is 13.1 Å². The van der Waals surface area contributed by atoms with Crippen LogP contribution in [0, 0.1) is 0 Å². The van der Waals surface area contributed by atoms with Crippen LogP contribution in [0.2, 0.25) is 0 Å². The first-order chi connectivity index (χ1) is 12.7. The van der Waals surface area contributed by atoms with Crippen LogP contribution in [-0.4, -0.2) is 52.9 Å². The molecule has 4 heteroatoms. The molecule has 0 saturated carbocycles. The maximum absolute atomic E-state index is 12.8. The molecule has 1 unspecified atom stereocenters. The molecule has 1 aromatic heterocycles. The SMILES string of the molecule is C=CCN(CC=C)C(=O)C(C)N1CC=C(c2c[nH]c3ccccc23)CC1. The first-order valence-corrected chi connectivity index (χ1v) is 9.16. The highest BCUT2D eigenvalue weighted by atomic mass is 16.2. The Kier molecular flexibility index (Phi) is 5.74. The van der Waals surface area contributed by atoms with Gasteiger partial charge in [0.15, 0.2) is 0 Å². The Morgan fingerprint density at radius 3 is 2.69 bits per heavy atom.